The molecule has 0 spiro atoms. The normalized spacial score (nSPS) is 10.9. The molecule has 0 bridgehead atoms. The van der Waals surface area contributed by atoms with Gasteiger partial charge in [0.2, 0.25) is 0 Å². The van der Waals surface area contributed by atoms with Gasteiger partial charge in [0.15, 0.2) is 11.5 Å². The number of rotatable bonds is 9. The van der Waals surface area contributed by atoms with E-state index >= 15 is 0 Å². The lowest BCUT2D eigenvalue weighted by molar-refractivity contribution is 0.274. The number of benzene rings is 4. The van der Waals surface area contributed by atoms with Gasteiger partial charge < -0.3 is 28.8 Å². The third kappa shape index (κ3) is 3.92. The molecule has 0 atom stereocenters. The number of fused-ring (bicyclic) bond motifs is 2. The fourth-order valence-corrected chi connectivity index (χ4v) is 5.49. The van der Waals surface area contributed by atoms with Crippen LogP contribution in [0.25, 0.3) is 44.8 Å². The van der Waals surface area contributed by atoms with Crippen LogP contribution >= 0.6 is 0 Å². The molecule has 0 heterocycles. The number of methoxy groups -OCH3 is 5. The van der Waals surface area contributed by atoms with Crippen LogP contribution in [0, 0.1) is 13.8 Å². The third-order valence-corrected chi connectivity index (χ3v) is 7.12. The lowest BCUT2D eigenvalue weighted by Crippen LogP contribution is -2.02. The third-order valence-electron chi connectivity index (χ3n) is 7.12. The zero-order chi connectivity index (χ0) is 27.7. The summed E-state index contributed by atoms with van der Waals surface area (Å²) < 4.78 is 29.2. The van der Waals surface area contributed by atoms with Crippen molar-refractivity contribution in [2.75, 3.05) is 35.5 Å². The molecule has 0 fully saturated rings. The topological polar surface area (TPSA) is 66.4 Å². The van der Waals surface area contributed by atoms with Crippen LogP contribution in [0.4, 0.5) is 0 Å². The second-order valence-corrected chi connectivity index (χ2v) is 8.96. The van der Waals surface area contributed by atoms with Gasteiger partial charge in [0.1, 0.15) is 17.2 Å². The van der Waals surface area contributed by atoms with Crippen LogP contribution in [-0.2, 0) is 6.61 Å². The lowest BCUT2D eigenvalue weighted by atomic mass is 9.86. The van der Waals surface area contributed by atoms with Crippen LogP contribution < -0.4 is 23.7 Å². The van der Waals surface area contributed by atoms with Crippen LogP contribution in [0.5, 0.6) is 28.7 Å². The van der Waals surface area contributed by atoms with Crippen molar-refractivity contribution in [1.29, 1.82) is 0 Å². The van der Waals surface area contributed by atoms with Crippen molar-refractivity contribution in [2.45, 2.75) is 20.5 Å². The molecule has 38 heavy (non-hydrogen) atoms. The first-order chi connectivity index (χ1) is 18.3. The second kappa shape index (κ2) is 10.7. The highest BCUT2D eigenvalue weighted by molar-refractivity contribution is 6.08. The molecule has 0 aliphatic heterocycles. The molecule has 0 aliphatic carbocycles. The van der Waals surface area contributed by atoms with Crippen molar-refractivity contribution in [3.05, 3.63) is 65.2 Å². The minimum Gasteiger partial charge on any atom is -0.496 e. The van der Waals surface area contributed by atoms with Crippen molar-refractivity contribution in [3.63, 3.8) is 0 Å². The molecular formula is C32H34O6. The number of hydrogen-bond acceptors (Lipinski definition) is 6. The molecule has 198 valence electrons. The van der Waals surface area contributed by atoms with E-state index < -0.39 is 0 Å². The maximum atomic E-state index is 10.1. The molecule has 0 radical (unpaired) electrons. The van der Waals surface area contributed by atoms with Gasteiger partial charge in [-0.3, -0.25) is 0 Å². The van der Waals surface area contributed by atoms with Gasteiger partial charge in [0.05, 0.1) is 42.2 Å². The van der Waals surface area contributed by atoms with Crippen LogP contribution in [-0.4, -0.2) is 40.7 Å². The van der Waals surface area contributed by atoms with Crippen LogP contribution in [0.1, 0.15) is 27.8 Å². The first-order valence-corrected chi connectivity index (χ1v) is 12.2. The Morgan fingerprint density at radius 2 is 1.05 bits per heavy atom. The van der Waals surface area contributed by atoms with Crippen LogP contribution in [0.15, 0.2) is 37.4 Å². The Bertz CT molecular complexity index is 1460. The van der Waals surface area contributed by atoms with Gasteiger partial charge in [0, 0.05) is 33.0 Å². The second-order valence-electron chi connectivity index (χ2n) is 8.96. The average Bonchev–Trinajstić information content (AvgIpc) is 2.93. The summed E-state index contributed by atoms with van der Waals surface area (Å²) in [5.74, 6) is 3.14. The summed E-state index contributed by atoms with van der Waals surface area (Å²) in [4.78, 5) is 0. The first-order valence-electron chi connectivity index (χ1n) is 12.2. The first kappa shape index (κ1) is 26.9. The number of aliphatic hydroxyl groups excluding tert-OH is 1. The maximum Gasteiger partial charge on any atom is 0.168 e. The number of ether oxygens (including phenoxy) is 5. The molecule has 6 nitrogen and oxygen atoms in total. The Labute approximate surface area is 223 Å². The molecule has 0 saturated carbocycles. The zero-order valence-corrected chi connectivity index (χ0v) is 23.1. The van der Waals surface area contributed by atoms with E-state index in [0.29, 0.717) is 34.3 Å². The van der Waals surface area contributed by atoms with Gasteiger partial charge in [-0.05, 0) is 65.6 Å². The Morgan fingerprint density at radius 1 is 0.605 bits per heavy atom. The molecule has 6 heteroatoms. The Hall–Kier alpha value is -4.16. The highest BCUT2D eigenvalue weighted by atomic mass is 16.5. The largest absolute Gasteiger partial charge is 0.496 e. The summed E-state index contributed by atoms with van der Waals surface area (Å²) in [6.07, 6.45) is 3.51. The molecule has 4 aromatic rings. The Balaban J connectivity index is 2.22. The van der Waals surface area contributed by atoms with Crippen LogP contribution in [0.3, 0.4) is 0 Å². The van der Waals surface area contributed by atoms with E-state index in [0.717, 1.165) is 54.9 Å². The van der Waals surface area contributed by atoms with Gasteiger partial charge in [0.25, 0.3) is 0 Å². The molecule has 4 rings (SSSR count). The zero-order valence-electron chi connectivity index (χ0n) is 23.1. The molecule has 0 saturated heterocycles. The number of aliphatic hydroxyl groups is 1. The molecule has 0 amide bonds. The van der Waals surface area contributed by atoms with Gasteiger partial charge in [-0.1, -0.05) is 25.3 Å². The van der Waals surface area contributed by atoms with E-state index in [2.05, 4.69) is 32.2 Å². The van der Waals surface area contributed by atoms with Crippen molar-refractivity contribution in [1.82, 2.24) is 0 Å². The van der Waals surface area contributed by atoms with Gasteiger partial charge in [-0.15, -0.1) is 0 Å². The monoisotopic (exact) mass is 514 g/mol. The predicted molar refractivity (Wildman–Crippen MR) is 155 cm³/mol. The number of hydrogen-bond donors (Lipinski definition) is 1. The van der Waals surface area contributed by atoms with Crippen molar-refractivity contribution in [2.24, 2.45) is 0 Å². The summed E-state index contributed by atoms with van der Waals surface area (Å²) >= 11 is 0. The summed E-state index contributed by atoms with van der Waals surface area (Å²) in [5.41, 5.74) is 6.11. The summed E-state index contributed by atoms with van der Waals surface area (Å²) in [7, 11) is 8.14. The fourth-order valence-electron chi connectivity index (χ4n) is 5.49. The van der Waals surface area contributed by atoms with E-state index in [1.165, 1.54) is 0 Å². The lowest BCUT2D eigenvalue weighted by Gasteiger charge is -2.23. The predicted octanol–water partition coefficient (Wildman–Crippen LogP) is 7.10. The van der Waals surface area contributed by atoms with Crippen LogP contribution in [0.2, 0.25) is 0 Å². The average molecular weight is 515 g/mol. The Morgan fingerprint density at radius 3 is 1.45 bits per heavy atom. The Kier molecular flexibility index (Phi) is 7.56. The molecular weight excluding hydrogens is 480 g/mol. The smallest absolute Gasteiger partial charge is 0.168 e. The van der Waals surface area contributed by atoms with Crippen molar-refractivity contribution < 1.29 is 28.8 Å². The summed E-state index contributed by atoms with van der Waals surface area (Å²) in [6, 6.07) is 8.04. The van der Waals surface area contributed by atoms with Crippen molar-refractivity contribution in [3.8, 4) is 39.9 Å². The summed E-state index contributed by atoms with van der Waals surface area (Å²) in [6.45, 7) is 11.9. The minimum absolute atomic E-state index is 0.169. The standard InChI is InChI=1S/C32H34O6/c1-10-19-21-12-17(3)28(31(37-8)23(21)14-26(34-5)25(19)16-33)29-18(4)13-22-20(11-2)30(36-7)27(35-6)15-24(22)32(29)38-9/h10-15,33H,1-2,16H2,3-9H3. The SMILES string of the molecule is C=Cc1c(CO)c(OC)cc2c(OC)c(-c3c(C)cc4c(C=C)c(OC)c(OC)cc4c3OC)c(C)cc12. The van der Waals surface area contributed by atoms with Gasteiger partial charge in [-0.25, -0.2) is 0 Å². The summed E-state index contributed by atoms with van der Waals surface area (Å²) in [5, 5.41) is 13.6. The molecule has 0 unspecified atom stereocenters. The molecule has 4 aromatic carbocycles. The van der Waals surface area contributed by atoms with Gasteiger partial charge >= 0.3 is 0 Å². The van der Waals surface area contributed by atoms with E-state index in [1.807, 2.05) is 19.1 Å². The number of aryl methyl sites for hydroxylation is 2. The van der Waals surface area contributed by atoms with Gasteiger partial charge in [-0.2, -0.15) is 0 Å². The highest BCUT2D eigenvalue weighted by Gasteiger charge is 2.25. The highest BCUT2D eigenvalue weighted by Crippen LogP contribution is 2.51. The van der Waals surface area contributed by atoms with E-state index in [4.69, 9.17) is 23.7 Å². The fraction of sp³-hybridized carbons (Fsp3) is 0.250. The van der Waals surface area contributed by atoms with E-state index in [-0.39, 0.29) is 6.61 Å². The minimum atomic E-state index is -0.169. The maximum absolute atomic E-state index is 10.1. The molecule has 1 N–H and O–H groups in total. The van der Waals surface area contributed by atoms with Crippen molar-refractivity contribution >= 4 is 33.7 Å². The quantitative estimate of drug-likeness (QED) is 0.257. The van der Waals surface area contributed by atoms with E-state index in [1.54, 1.807) is 47.7 Å². The molecule has 0 aromatic heterocycles. The van der Waals surface area contributed by atoms with E-state index in [9.17, 15) is 5.11 Å². The molecule has 0 aliphatic rings.